The van der Waals surface area contributed by atoms with Crippen molar-refractivity contribution in [3.05, 3.63) is 70.9 Å². The van der Waals surface area contributed by atoms with E-state index in [1.165, 1.54) is 11.1 Å². The SMILES string of the molecule is Cc1ccc(CCNc2ccnc3cc(Cl)ccc23)cc1. The van der Waals surface area contributed by atoms with Crippen molar-refractivity contribution in [3.8, 4) is 0 Å². The fourth-order valence-corrected chi connectivity index (χ4v) is 2.54. The summed E-state index contributed by atoms with van der Waals surface area (Å²) in [5.41, 5.74) is 4.66. The Labute approximate surface area is 129 Å². The molecule has 0 aliphatic heterocycles. The number of fused-ring (bicyclic) bond motifs is 1. The molecule has 2 nitrogen and oxygen atoms in total. The van der Waals surface area contributed by atoms with Crippen LogP contribution in [-0.4, -0.2) is 11.5 Å². The highest BCUT2D eigenvalue weighted by Crippen LogP contribution is 2.24. The van der Waals surface area contributed by atoms with Crippen molar-refractivity contribution in [2.75, 3.05) is 11.9 Å². The van der Waals surface area contributed by atoms with Gasteiger partial charge in [-0.3, -0.25) is 4.98 Å². The monoisotopic (exact) mass is 296 g/mol. The van der Waals surface area contributed by atoms with Crippen LogP contribution in [0.1, 0.15) is 11.1 Å². The van der Waals surface area contributed by atoms with Crippen molar-refractivity contribution in [2.24, 2.45) is 0 Å². The summed E-state index contributed by atoms with van der Waals surface area (Å²) in [6, 6.07) is 16.5. The standard InChI is InChI=1S/C18H17ClN2/c1-13-2-4-14(5-3-13)8-10-20-17-9-11-21-18-12-15(19)6-7-16(17)18/h2-7,9,11-12H,8,10H2,1H3,(H,20,21). The summed E-state index contributed by atoms with van der Waals surface area (Å²) in [5.74, 6) is 0. The minimum atomic E-state index is 0.715. The smallest absolute Gasteiger partial charge is 0.0737 e. The van der Waals surface area contributed by atoms with Crippen molar-refractivity contribution in [3.63, 3.8) is 0 Å². The van der Waals surface area contributed by atoms with E-state index in [2.05, 4.69) is 41.5 Å². The Hall–Kier alpha value is -2.06. The highest BCUT2D eigenvalue weighted by Gasteiger charge is 2.02. The Morgan fingerprint density at radius 3 is 2.67 bits per heavy atom. The average molecular weight is 297 g/mol. The van der Waals surface area contributed by atoms with Gasteiger partial charge in [0.2, 0.25) is 0 Å². The summed E-state index contributed by atoms with van der Waals surface area (Å²) in [7, 11) is 0. The number of hydrogen-bond acceptors (Lipinski definition) is 2. The number of nitrogens with zero attached hydrogens (tertiary/aromatic N) is 1. The van der Waals surface area contributed by atoms with Gasteiger partial charge in [-0.1, -0.05) is 41.4 Å². The van der Waals surface area contributed by atoms with Gasteiger partial charge < -0.3 is 5.32 Å². The molecule has 0 atom stereocenters. The minimum absolute atomic E-state index is 0.715. The number of benzene rings is 2. The van der Waals surface area contributed by atoms with Crippen LogP contribution in [-0.2, 0) is 6.42 Å². The maximum absolute atomic E-state index is 6.01. The van der Waals surface area contributed by atoms with E-state index in [1.807, 2.05) is 30.5 Å². The molecule has 0 saturated carbocycles. The Bertz CT molecular complexity index is 751. The lowest BCUT2D eigenvalue weighted by Crippen LogP contribution is -2.05. The molecule has 2 aromatic carbocycles. The van der Waals surface area contributed by atoms with Crippen molar-refractivity contribution in [1.82, 2.24) is 4.98 Å². The van der Waals surface area contributed by atoms with Gasteiger partial charge in [0.1, 0.15) is 0 Å². The molecule has 1 aromatic heterocycles. The second-order valence-corrected chi connectivity index (χ2v) is 5.62. The highest BCUT2D eigenvalue weighted by molar-refractivity contribution is 6.31. The third-order valence-corrected chi connectivity index (χ3v) is 3.79. The molecule has 3 aromatic rings. The van der Waals surface area contributed by atoms with Gasteiger partial charge in [-0.15, -0.1) is 0 Å². The molecule has 0 aliphatic rings. The van der Waals surface area contributed by atoms with Gasteiger partial charge in [-0.05, 0) is 43.2 Å². The molecule has 0 fully saturated rings. The molecular formula is C18H17ClN2. The van der Waals surface area contributed by atoms with Crippen molar-refractivity contribution >= 4 is 28.2 Å². The van der Waals surface area contributed by atoms with Gasteiger partial charge in [0, 0.05) is 28.8 Å². The lowest BCUT2D eigenvalue weighted by atomic mass is 10.1. The van der Waals surface area contributed by atoms with Gasteiger partial charge in [0.25, 0.3) is 0 Å². The van der Waals surface area contributed by atoms with Crippen LogP contribution >= 0.6 is 11.6 Å². The van der Waals surface area contributed by atoms with Crippen molar-refractivity contribution < 1.29 is 0 Å². The van der Waals surface area contributed by atoms with E-state index in [4.69, 9.17) is 11.6 Å². The number of nitrogens with one attached hydrogen (secondary N) is 1. The van der Waals surface area contributed by atoms with Crippen LogP contribution < -0.4 is 5.32 Å². The van der Waals surface area contributed by atoms with Crippen molar-refractivity contribution in [1.29, 1.82) is 0 Å². The summed E-state index contributed by atoms with van der Waals surface area (Å²) >= 11 is 6.01. The number of aromatic nitrogens is 1. The van der Waals surface area contributed by atoms with Gasteiger partial charge in [-0.25, -0.2) is 0 Å². The fraction of sp³-hybridized carbons (Fsp3) is 0.167. The first-order chi connectivity index (χ1) is 10.2. The second-order valence-electron chi connectivity index (χ2n) is 5.18. The van der Waals surface area contributed by atoms with E-state index < -0.39 is 0 Å². The normalized spacial score (nSPS) is 10.8. The van der Waals surface area contributed by atoms with Gasteiger partial charge >= 0.3 is 0 Å². The molecule has 106 valence electrons. The number of rotatable bonds is 4. The van der Waals surface area contributed by atoms with Crippen LogP contribution in [0.3, 0.4) is 0 Å². The summed E-state index contributed by atoms with van der Waals surface area (Å²) < 4.78 is 0. The van der Waals surface area contributed by atoms with Crippen molar-refractivity contribution in [2.45, 2.75) is 13.3 Å². The zero-order valence-corrected chi connectivity index (χ0v) is 12.7. The number of halogens is 1. The predicted molar refractivity (Wildman–Crippen MR) is 90.1 cm³/mol. The minimum Gasteiger partial charge on any atom is -0.384 e. The van der Waals surface area contributed by atoms with E-state index in [1.54, 1.807) is 0 Å². The van der Waals surface area contributed by atoms with Crippen LogP contribution in [0.25, 0.3) is 10.9 Å². The zero-order chi connectivity index (χ0) is 14.7. The molecular weight excluding hydrogens is 280 g/mol. The lowest BCUT2D eigenvalue weighted by molar-refractivity contribution is 1.02. The molecule has 3 heteroatoms. The molecule has 0 spiro atoms. The van der Waals surface area contributed by atoms with Crippen LogP contribution in [0.2, 0.25) is 5.02 Å². The molecule has 0 radical (unpaired) electrons. The molecule has 3 rings (SSSR count). The van der Waals surface area contributed by atoms with E-state index in [0.717, 1.165) is 29.6 Å². The molecule has 0 amide bonds. The second kappa shape index (κ2) is 6.15. The molecule has 0 saturated heterocycles. The Balaban J connectivity index is 1.72. The Morgan fingerprint density at radius 1 is 1.05 bits per heavy atom. The number of aryl methyl sites for hydroxylation is 1. The molecule has 1 N–H and O–H groups in total. The van der Waals surface area contributed by atoms with E-state index in [0.29, 0.717) is 5.02 Å². The third-order valence-electron chi connectivity index (χ3n) is 3.55. The number of hydrogen-bond donors (Lipinski definition) is 1. The Morgan fingerprint density at radius 2 is 1.86 bits per heavy atom. The van der Waals surface area contributed by atoms with Crippen LogP contribution in [0.15, 0.2) is 54.7 Å². The van der Waals surface area contributed by atoms with Gasteiger partial charge in [0.05, 0.1) is 5.52 Å². The highest BCUT2D eigenvalue weighted by atomic mass is 35.5. The largest absolute Gasteiger partial charge is 0.384 e. The third kappa shape index (κ3) is 3.34. The van der Waals surface area contributed by atoms with E-state index in [-0.39, 0.29) is 0 Å². The van der Waals surface area contributed by atoms with E-state index in [9.17, 15) is 0 Å². The fourth-order valence-electron chi connectivity index (χ4n) is 2.37. The van der Waals surface area contributed by atoms with Gasteiger partial charge in [0.15, 0.2) is 0 Å². The van der Waals surface area contributed by atoms with Crippen LogP contribution in [0, 0.1) is 6.92 Å². The number of pyridine rings is 1. The number of anilines is 1. The molecule has 0 bridgehead atoms. The summed E-state index contributed by atoms with van der Waals surface area (Å²) in [5, 5.41) is 5.30. The lowest BCUT2D eigenvalue weighted by Gasteiger charge is -2.10. The molecule has 21 heavy (non-hydrogen) atoms. The van der Waals surface area contributed by atoms with Crippen LogP contribution in [0.5, 0.6) is 0 Å². The summed E-state index contributed by atoms with van der Waals surface area (Å²) in [6.45, 7) is 3.00. The quantitative estimate of drug-likeness (QED) is 0.744. The maximum atomic E-state index is 6.01. The van der Waals surface area contributed by atoms with Gasteiger partial charge in [-0.2, -0.15) is 0 Å². The predicted octanol–water partition coefficient (Wildman–Crippen LogP) is 4.85. The summed E-state index contributed by atoms with van der Waals surface area (Å²) in [4.78, 5) is 4.35. The first-order valence-electron chi connectivity index (χ1n) is 7.06. The maximum Gasteiger partial charge on any atom is 0.0737 e. The molecule has 0 unspecified atom stereocenters. The van der Waals surface area contributed by atoms with E-state index >= 15 is 0 Å². The topological polar surface area (TPSA) is 24.9 Å². The zero-order valence-electron chi connectivity index (χ0n) is 11.9. The first kappa shape index (κ1) is 13.9. The Kier molecular flexibility index (Phi) is 4.07. The molecule has 1 heterocycles. The average Bonchev–Trinajstić information content (AvgIpc) is 2.49. The first-order valence-corrected chi connectivity index (χ1v) is 7.44. The van der Waals surface area contributed by atoms with Crippen LogP contribution in [0.4, 0.5) is 5.69 Å². The summed E-state index contributed by atoms with van der Waals surface area (Å²) in [6.07, 6.45) is 2.81. The molecule has 0 aliphatic carbocycles.